The van der Waals surface area contributed by atoms with Crippen LogP contribution in [0.5, 0.6) is 5.75 Å². The Morgan fingerprint density at radius 1 is 1.54 bits per heavy atom. The molecule has 0 aliphatic rings. The summed E-state index contributed by atoms with van der Waals surface area (Å²) in [5.74, 6) is -1.53. The molecular weight excluding hydrogens is 343 g/mol. The van der Waals surface area contributed by atoms with Gasteiger partial charge in [0.25, 0.3) is 0 Å². The number of nitriles is 1. The van der Waals surface area contributed by atoms with Gasteiger partial charge in [-0.1, -0.05) is 6.58 Å². The van der Waals surface area contributed by atoms with Crippen LogP contribution >= 0.6 is 11.5 Å². The largest absolute Gasteiger partial charge is 0.505 e. The van der Waals surface area contributed by atoms with Gasteiger partial charge in [0.2, 0.25) is 5.91 Å². The molecule has 0 atom stereocenters. The zero-order chi connectivity index (χ0) is 18.1. The first-order chi connectivity index (χ1) is 11.2. The minimum atomic E-state index is -4.88. The quantitative estimate of drug-likeness (QED) is 0.648. The fourth-order valence-corrected chi connectivity index (χ4v) is 2.70. The van der Waals surface area contributed by atoms with E-state index in [4.69, 9.17) is 5.26 Å². The van der Waals surface area contributed by atoms with Crippen molar-refractivity contribution in [3.8, 4) is 22.9 Å². The van der Waals surface area contributed by atoms with Crippen LogP contribution in [0.3, 0.4) is 0 Å². The van der Waals surface area contributed by atoms with E-state index in [1.807, 2.05) is 0 Å². The lowest BCUT2D eigenvalue weighted by atomic mass is 9.94. The second-order valence-electron chi connectivity index (χ2n) is 4.67. The highest BCUT2D eigenvalue weighted by molar-refractivity contribution is 7.06. The number of benzene rings is 1. The summed E-state index contributed by atoms with van der Waals surface area (Å²) < 4.78 is 44.2. The van der Waals surface area contributed by atoms with Crippen molar-refractivity contribution < 1.29 is 23.1 Å². The number of anilines is 1. The van der Waals surface area contributed by atoms with Gasteiger partial charge in [-0.05, 0) is 30.6 Å². The number of aryl methyl sites for hydroxylation is 1. The van der Waals surface area contributed by atoms with E-state index in [1.54, 1.807) is 0 Å². The first kappa shape index (κ1) is 17.5. The number of aromatic hydroxyl groups is 1. The Labute approximate surface area is 138 Å². The number of phenolic OH excluding ortho intramolecular Hbond substituents is 1. The molecule has 9 heteroatoms. The lowest BCUT2D eigenvalue weighted by molar-refractivity contribution is -0.137. The van der Waals surface area contributed by atoms with Crippen molar-refractivity contribution in [3.63, 3.8) is 0 Å². The van der Waals surface area contributed by atoms with E-state index in [-0.39, 0.29) is 11.3 Å². The van der Waals surface area contributed by atoms with E-state index < -0.39 is 34.5 Å². The average Bonchev–Trinajstić information content (AvgIpc) is 2.93. The number of halogens is 3. The second-order valence-corrected chi connectivity index (χ2v) is 5.67. The minimum Gasteiger partial charge on any atom is -0.505 e. The highest BCUT2D eigenvalue weighted by atomic mass is 32.1. The third kappa shape index (κ3) is 3.09. The predicted octanol–water partition coefficient (Wildman–Crippen LogP) is 3.84. The fourth-order valence-electron chi connectivity index (χ4n) is 2.14. The molecule has 0 bridgehead atoms. The van der Waals surface area contributed by atoms with Crippen molar-refractivity contribution in [1.29, 1.82) is 5.26 Å². The van der Waals surface area contributed by atoms with Crippen molar-refractivity contribution in [1.82, 2.24) is 4.37 Å². The molecule has 1 aromatic carbocycles. The van der Waals surface area contributed by atoms with Crippen molar-refractivity contribution in [2.45, 2.75) is 13.1 Å². The SMILES string of the molecule is C=CC(=O)Nc1cc(C#N)c(C(F)(F)F)c(-c2cnsc2C)c1O. The number of hydrogen-bond acceptors (Lipinski definition) is 5. The lowest BCUT2D eigenvalue weighted by Crippen LogP contribution is -2.13. The number of alkyl halides is 3. The number of aromatic nitrogens is 1. The minimum absolute atomic E-state index is 0.0380. The van der Waals surface area contributed by atoms with Crippen LogP contribution in [0.25, 0.3) is 11.1 Å². The average molecular weight is 353 g/mol. The number of nitrogens with zero attached hydrogens (tertiary/aromatic N) is 2. The van der Waals surface area contributed by atoms with Crippen molar-refractivity contribution in [3.05, 3.63) is 40.9 Å². The van der Waals surface area contributed by atoms with Gasteiger partial charge in [0, 0.05) is 22.2 Å². The molecule has 0 saturated carbocycles. The number of phenols is 1. The molecule has 2 aromatic rings. The van der Waals surface area contributed by atoms with Crippen LogP contribution in [0.4, 0.5) is 18.9 Å². The van der Waals surface area contributed by atoms with Gasteiger partial charge in [-0.2, -0.15) is 18.4 Å². The van der Waals surface area contributed by atoms with Crippen LogP contribution in [-0.4, -0.2) is 15.4 Å². The summed E-state index contributed by atoms with van der Waals surface area (Å²) in [7, 11) is 0. The molecule has 0 aliphatic heterocycles. The Balaban J connectivity index is 2.89. The maximum absolute atomic E-state index is 13.5. The number of nitrogens with one attached hydrogen (secondary N) is 1. The first-order valence-electron chi connectivity index (χ1n) is 6.43. The molecule has 1 amide bonds. The van der Waals surface area contributed by atoms with Crippen molar-refractivity contribution in [2.75, 3.05) is 5.32 Å². The van der Waals surface area contributed by atoms with E-state index >= 15 is 0 Å². The smallest absolute Gasteiger partial charge is 0.418 e. The fraction of sp³-hybridized carbons (Fsp3) is 0.133. The van der Waals surface area contributed by atoms with Gasteiger partial charge in [0.05, 0.1) is 22.9 Å². The van der Waals surface area contributed by atoms with E-state index in [9.17, 15) is 23.1 Å². The molecule has 2 N–H and O–H groups in total. The zero-order valence-electron chi connectivity index (χ0n) is 12.2. The summed E-state index contributed by atoms with van der Waals surface area (Å²) in [6.45, 7) is 4.76. The van der Waals surface area contributed by atoms with E-state index in [0.717, 1.165) is 23.7 Å². The number of carbonyl (C=O) groups excluding carboxylic acids is 1. The highest BCUT2D eigenvalue weighted by Gasteiger charge is 2.39. The summed E-state index contributed by atoms with van der Waals surface area (Å²) in [4.78, 5) is 11.8. The molecule has 2 rings (SSSR count). The van der Waals surface area contributed by atoms with Crippen LogP contribution in [0.1, 0.15) is 16.0 Å². The third-order valence-electron chi connectivity index (χ3n) is 3.17. The summed E-state index contributed by atoms with van der Waals surface area (Å²) in [6.07, 6.45) is -2.82. The summed E-state index contributed by atoms with van der Waals surface area (Å²) in [6, 6.07) is 2.23. The molecule has 24 heavy (non-hydrogen) atoms. The van der Waals surface area contributed by atoms with Crippen molar-refractivity contribution in [2.24, 2.45) is 0 Å². The van der Waals surface area contributed by atoms with Crippen LogP contribution < -0.4 is 5.32 Å². The number of amides is 1. The van der Waals surface area contributed by atoms with Gasteiger partial charge in [-0.15, -0.1) is 0 Å². The summed E-state index contributed by atoms with van der Waals surface area (Å²) in [5.41, 5.74) is -2.86. The Morgan fingerprint density at radius 2 is 2.21 bits per heavy atom. The molecule has 0 spiro atoms. The molecule has 1 heterocycles. The van der Waals surface area contributed by atoms with Gasteiger partial charge in [-0.25, -0.2) is 4.37 Å². The van der Waals surface area contributed by atoms with Crippen LogP contribution in [0, 0.1) is 18.3 Å². The third-order valence-corrected chi connectivity index (χ3v) is 3.87. The summed E-state index contributed by atoms with van der Waals surface area (Å²) >= 11 is 0.950. The molecule has 124 valence electrons. The van der Waals surface area contributed by atoms with Gasteiger partial charge in [0.1, 0.15) is 5.75 Å². The van der Waals surface area contributed by atoms with Gasteiger partial charge in [0.15, 0.2) is 0 Å². The maximum atomic E-state index is 13.5. The molecule has 0 radical (unpaired) electrons. The number of carbonyl (C=O) groups is 1. The molecule has 0 unspecified atom stereocenters. The molecule has 5 nitrogen and oxygen atoms in total. The molecule has 0 saturated heterocycles. The zero-order valence-corrected chi connectivity index (χ0v) is 13.0. The monoisotopic (exact) mass is 353 g/mol. The van der Waals surface area contributed by atoms with Gasteiger partial charge < -0.3 is 10.4 Å². The van der Waals surface area contributed by atoms with Crippen molar-refractivity contribution >= 4 is 23.1 Å². The lowest BCUT2D eigenvalue weighted by Gasteiger charge is -2.18. The van der Waals surface area contributed by atoms with Crippen LogP contribution in [0.2, 0.25) is 0 Å². The van der Waals surface area contributed by atoms with Crippen LogP contribution in [-0.2, 0) is 11.0 Å². The van der Waals surface area contributed by atoms with Gasteiger partial charge in [-0.3, -0.25) is 4.79 Å². The Morgan fingerprint density at radius 3 is 2.67 bits per heavy atom. The van der Waals surface area contributed by atoms with Crippen LogP contribution in [0.15, 0.2) is 24.9 Å². The maximum Gasteiger partial charge on any atom is 0.418 e. The normalized spacial score (nSPS) is 11.0. The molecule has 0 fully saturated rings. The standard InChI is InChI=1S/C15H10F3N3O2S/c1-3-11(22)21-10-4-8(5-19)13(15(16,17)18)12(14(10)23)9-6-20-24-7(9)2/h3-4,6,23H,1H2,2H3,(H,21,22). The van der Waals surface area contributed by atoms with Gasteiger partial charge >= 0.3 is 6.18 Å². The Bertz CT molecular complexity index is 866. The molecular formula is C15H10F3N3O2S. The Hall–Kier alpha value is -2.86. The van der Waals surface area contributed by atoms with E-state index in [0.29, 0.717) is 4.88 Å². The number of rotatable bonds is 3. The molecule has 1 aromatic heterocycles. The number of hydrogen-bond donors (Lipinski definition) is 2. The second kappa shape index (κ2) is 6.33. The predicted molar refractivity (Wildman–Crippen MR) is 82.5 cm³/mol. The highest BCUT2D eigenvalue weighted by Crippen LogP contribution is 2.48. The topological polar surface area (TPSA) is 86.0 Å². The van der Waals surface area contributed by atoms with E-state index in [1.165, 1.54) is 19.2 Å². The summed E-state index contributed by atoms with van der Waals surface area (Å²) in [5, 5.41) is 21.6. The first-order valence-corrected chi connectivity index (χ1v) is 7.20. The Kier molecular flexibility index (Phi) is 4.61. The molecule has 0 aliphatic carbocycles. The van der Waals surface area contributed by atoms with E-state index in [2.05, 4.69) is 16.3 Å².